The maximum atomic E-state index is 11.8. The van der Waals surface area contributed by atoms with Crippen LogP contribution < -0.4 is 5.32 Å². The Kier molecular flexibility index (Phi) is 3.50. The van der Waals surface area contributed by atoms with Gasteiger partial charge in [0.25, 0.3) is 0 Å². The van der Waals surface area contributed by atoms with Gasteiger partial charge >= 0.3 is 5.97 Å². The average Bonchev–Trinajstić information content (AvgIpc) is 2.44. The number of likely N-dealkylation sites (tertiary alicyclic amines) is 1. The summed E-state index contributed by atoms with van der Waals surface area (Å²) in [5.41, 5.74) is -0.496. The Bertz CT molecular complexity index is 208. The molecular weight excluding hydrogens is 180 g/mol. The lowest BCUT2D eigenvalue weighted by molar-refractivity contribution is -0.150. The van der Waals surface area contributed by atoms with E-state index >= 15 is 0 Å². The van der Waals surface area contributed by atoms with Crippen LogP contribution in [0, 0.1) is 0 Å². The molecule has 0 aromatic rings. The van der Waals surface area contributed by atoms with E-state index in [-0.39, 0.29) is 5.97 Å². The van der Waals surface area contributed by atoms with Crippen molar-refractivity contribution in [2.45, 2.75) is 31.8 Å². The molecule has 2 atom stereocenters. The highest BCUT2D eigenvalue weighted by atomic mass is 16.5. The minimum Gasteiger partial charge on any atom is -0.465 e. The molecule has 0 aromatic heterocycles. The topological polar surface area (TPSA) is 41.6 Å². The molecule has 1 N–H and O–H groups in total. The molecule has 1 rings (SSSR count). The fraction of sp³-hybridized carbons (Fsp3) is 0.900. The first kappa shape index (κ1) is 11.5. The van der Waals surface area contributed by atoms with Crippen LogP contribution in [-0.4, -0.2) is 49.7 Å². The van der Waals surface area contributed by atoms with Gasteiger partial charge in [-0.3, -0.25) is 0 Å². The molecule has 2 unspecified atom stereocenters. The number of nitrogens with zero attached hydrogens (tertiary/aromatic N) is 1. The normalized spacial score (nSPS) is 33.3. The molecule has 14 heavy (non-hydrogen) atoms. The second-order valence-electron chi connectivity index (χ2n) is 4.02. The summed E-state index contributed by atoms with van der Waals surface area (Å²) >= 11 is 0. The first-order chi connectivity index (χ1) is 6.55. The van der Waals surface area contributed by atoms with Gasteiger partial charge in [0.1, 0.15) is 5.54 Å². The number of nitrogens with one attached hydrogen (secondary N) is 1. The van der Waals surface area contributed by atoms with Crippen LogP contribution in [0.5, 0.6) is 0 Å². The van der Waals surface area contributed by atoms with Gasteiger partial charge in [-0.25, -0.2) is 4.79 Å². The number of hydrogen-bond donors (Lipinski definition) is 1. The molecule has 4 nitrogen and oxygen atoms in total. The zero-order valence-electron chi connectivity index (χ0n) is 9.46. The van der Waals surface area contributed by atoms with Crippen LogP contribution in [0.15, 0.2) is 0 Å². The summed E-state index contributed by atoms with van der Waals surface area (Å²) in [5, 5.41) is 3.11. The largest absolute Gasteiger partial charge is 0.465 e. The van der Waals surface area contributed by atoms with Gasteiger partial charge in [-0.05, 0) is 34.4 Å². The van der Waals surface area contributed by atoms with Crippen molar-refractivity contribution in [3.8, 4) is 0 Å². The predicted octanol–water partition coefficient (Wildman–Crippen LogP) is 0.232. The van der Waals surface area contributed by atoms with Gasteiger partial charge in [0.05, 0.1) is 6.61 Å². The number of hydrogen-bond acceptors (Lipinski definition) is 4. The average molecular weight is 200 g/mol. The van der Waals surface area contributed by atoms with Gasteiger partial charge in [0, 0.05) is 12.6 Å². The lowest BCUT2D eigenvalue weighted by atomic mass is 9.97. The second kappa shape index (κ2) is 4.28. The first-order valence-corrected chi connectivity index (χ1v) is 5.12. The molecule has 0 aliphatic carbocycles. The summed E-state index contributed by atoms with van der Waals surface area (Å²) in [6.07, 6.45) is 0.818. The monoisotopic (exact) mass is 200 g/mol. The number of carbonyl (C=O) groups excluding carboxylic acids is 1. The van der Waals surface area contributed by atoms with E-state index in [1.54, 1.807) is 0 Å². The van der Waals surface area contributed by atoms with Crippen molar-refractivity contribution in [3.63, 3.8) is 0 Å². The molecule has 0 bridgehead atoms. The third-order valence-electron chi connectivity index (χ3n) is 3.06. The third-order valence-corrected chi connectivity index (χ3v) is 3.06. The van der Waals surface area contributed by atoms with E-state index in [0.717, 1.165) is 13.0 Å². The van der Waals surface area contributed by atoms with Crippen molar-refractivity contribution >= 4 is 5.97 Å². The molecule has 0 aromatic carbocycles. The number of carbonyl (C=O) groups is 1. The number of esters is 1. The van der Waals surface area contributed by atoms with E-state index in [1.807, 2.05) is 21.0 Å². The van der Waals surface area contributed by atoms with Gasteiger partial charge < -0.3 is 15.0 Å². The van der Waals surface area contributed by atoms with E-state index in [2.05, 4.69) is 17.1 Å². The quantitative estimate of drug-likeness (QED) is 0.662. The Labute approximate surface area is 85.6 Å². The zero-order valence-corrected chi connectivity index (χ0v) is 9.46. The molecule has 0 saturated carbocycles. The highest BCUT2D eigenvalue weighted by Crippen LogP contribution is 2.26. The Hall–Kier alpha value is -0.610. The molecule has 0 amide bonds. The van der Waals surface area contributed by atoms with Crippen LogP contribution in [0.2, 0.25) is 0 Å². The van der Waals surface area contributed by atoms with Crippen LogP contribution in [0.25, 0.3) is 0 Å². The standard InChI is InChI=1S/C10H20N2O2/c1-5-14-9(13)10(11-3)6-8(2)12(4)7-10/h8,11H,5-7H2,1-4H3. The van der Waals surface area contributed by atoms with Crippen molar-refractivity contribution in [1.82, 2.24) is 10.2 Å². The Morgan fingerprint density at radius 3 is 2.71 bits per heavy atom. The molecule has 0 radical (unpaired) electrons. The summed E-state index contributed by atoms with van der Waals surface area (Å²) in [4.78, 5) is 14.0. The van der Waals surface area contributed by atoms with E-state index in [0.29, 0.717) is 12.6 Å². The van der Waals surface area contributed by atoms with Crippen LogP contribution in [0.1, 0.15) is 20.3 Å². The van der Waals surface area contributed by atoms with Crippen LogP contribution in [-0.2, 0) is 9.53 Å². The number of ether oxygens (including phenoxy) is 1. The van der Waals surface area contributed by atoms with E-state index < -0.39 is 5.54 Å². The van der Waals surface area contributed by atoms with Crippen molar-refractivity contribution in [1.29, 1.82) is 0 Å². The van der Waals surface area contributed by atoms with Crippen molar-refractivity contribution in [3.05, 3.63) is 0 Å². The fourth-order valence-corrected chi connectivity index (χ4v) is 2.01. The van der Waals surface area contributed by atoms with E-state index in [1.165, 1.54) is 0 Å². The molecule has 82 valence electrons. The van der Waals surface area contributed by atoms with Crippen molar-refractivity contribution in [2.24, 2.45) is 0 Å². The molecule has 1 aliphatic rings. The molecule has 1 aliphatic heterocycles. The van der Waals surface area contributed by atoms with Crippen molar-refractivity contribution < 1.29 is 9.53 Å². The van der Waals surface area contributed by atoms with Gasteiger partial charge in [-0.15, -0.1) is 0 Å². The Morgan fingerprint density at radius 1 is 1.71 bits per heavy atom. The molecule has 1 fully saturated rings. The van der Waals surface area contributed by atoms with Crippen LogP contribution >= 0.6 is 0 Å². The van der Waals surface area contributed by atoms with Crippen LogP contribution in [0.3, 0.4) is 0 Å². The predicted molar refractivity (Wildman–Crippen MR) is 55.1 cm³/mol. The maximum absolute atomic E-state index is 11.8. The van der Waals surface area contributed by atoms with Gasteiger partial charge in [-0.2, -0.15) is 0 Å². The van der Waals surface area contributed by atoms with Gasteiger partial charge in [-0.1, -0.05) is 0 Å². The van der Waals surface area contributed by atoms with Gasteiger partial charge in [0.2, 0.25) is 0 Å². The lowest BCUT2D eigenvalue weighted by Crippen LogP contribution is -2.53. The molecule has 1 heterocycles. The lowest BCUT2D eigenvalue weighted by Gasteiger charge is -2.25. The minimum absolute atomic E-state index is 0.126. The number of rotatable bonds is 3. The Morgan fingerprint density at radius 2 is 2.36 bits per heavy atom. The van der Waals surface area contributed by atoms with E-state index in [4.69, 9.17) is 4.74 Å². The highest BCUT2D eigenvalue weighted by molar-refractivity contribution is 5.81. The highest BCUT2D eigenvalue weighted by Gasteiger charge is 2.46. The Balaban J connectivity index is 2.73. The van der Waals surface area contributed by atoms with Gasteiger partial charge in [0.15, 0.2) is 0 Å². The minimum atomic E-state index is -0.496. The summed E-state index contributed by atoms with van der Waals surface area (Å²) in [7, 11) is 3.85. The van der Waals surface area contributed by atoms with E-state index in [9.17, 15) is 4.79 Å². The smallest absolute Gasteiger partial charge is 0.327 e. The molecular formula is C10H20N2O2. The third kappa shape index (κ3) is 1.91. The van der Waals surface area contributed by atoms with Crippen molar-refractivity contribution in [2.75, 3.05) is 27.2 Å². The maximum Gasteiger partial charge on any atom is 0.327 e. The molecule has 1 saturated heterocycles. The second-order valence-corrected chi connectivity index (χ2v) is 4.02. The first-order valence-electron chi connectivity index (χ1n) is 5.12. The SMILES string of the molecule is CCOC(=O)C1(NC)CC(C)N(C)C1. The fourth-order valence-electron chi connectivity index (χ4n) is 2.01. The van der Waals surface area contributed by atoms with Crippen LogP contribution in [0.4, 0.5) is 0 Å². The molecule has 0 spiro atoms. The summed E-state index contributed by atoms with van der Waals surface area (Å²) in [6.45, 7) is 5.13. The summed E-state index contributed by atoms with van der Waals surface area (Å²) in [5.74, 6) is -0.126. The summed E-state index contributed by atoms with van der Waals surface area (Å²) < 4.78 is 5.09. The summed E-state index contributed by atoms with van der Waals surface area (Å²) in [6, 6.07) is 0.423. The molecule has 4 heteroatoms. The number of likely N-dealkylation sites (N-methyl/N-ethyl adjacent to an activating group) is 2. The zero-order chi connectivity index (χ0) is 10.8.